The van der Waals surface area contributed by atoms with Crippen LogP contribution in [0.5, 0.6) is 0 Å². The molecule has 0 aliphatic carbocycles. The van der Waals surface area contributed by atoms with E-state index in [1.165, 1.54) is 30.4 Å². The number of halogens is 1. The first kappa shape index (κ1) is 18.9. The Hall–Kier alpha value is -1.46. The van der Waals surface area contributed by atoms with Gasteiger partial charge in [-0.3, -0.25) is 9.88 Å². The van der Waals surface area contributed by atoms with E-state index in [9.17, 15) is 0 Å². The number of aromatic nitrogens is 1. The molecule has 2 saturated heterocycles. The van der Waals surface area contributed by atoms with Gasteiger partial charge in [-0.25, -0.2) is 0 Å². The van der Waals surface area contributed by atoms with Gasteiger partial charge in [0.05, 0.1) is 6.10 Å². The molecule has 0 amide bonds. The number of ether oxygens (including phenoxy) is 1. The Morgan fingerprint density at radius 3 is 2.52 bits per heavy atom. The van der Waals surface area contributed by atoms with Crippen LogP contribution >= 0.6 is 11.6 Å². The monoisotopic (exact) mass is 385 g/mol. The Morgan fingerprint density at radius 2 is 1.78 bits per heavy atom. The highest BCUT2D eigenvalue weighted by atomic mass is 35.5. The summed E-state index contributed by atoms with van der Waals surface area (Å²) in [6.45, 7) is 4.13. The molecule has 4 rings (SSSR count). The number of hydrogen-bond donors (Lipinski definition) is 1. The molecule has 4 nitrogen and oxygen atoms in total. The lowest BCUT2D eigenvalue weighted by Gasteiger charge is -2.38. The average Bonchev–Trinajstić information content (AvgIpc) is 2.72. The third-order valence-corrected chi connectivity index (χ3v) is 5.97. The van der Waals surface area contributed by atoms with Crippen LogP contribution in [-0.4, -0.2) is 41.7 Å². The van der Waals surface area contributed by atoms with Crippen LogP contribution in [0, 0.1) is 0 Å². The first-order valence-corrected chi connectivity index (χ1v) is 10.4. The Bertz CT molecular complexity index is 701. The summed E-state index contributed by atoms with van der Waals surface area (Å²) >= 11 is 5.99. The molecule has 0 unspecified atom stereocenters. The molecule has 27 heavy (non-hydrogen) atoms. The molecule has 2 fully saturated rings. The Kier molecular flexibility index (Phi) is 6.40. The number of likely N-dealkylation sites (tertiary alicyclic amines) is 1. The van der Waals surface area contributed by atoms with Crippen molar-refractivity contribution in [2.45, 2.75) is 50.4 Å². The fourth-order valence-electron chi connectivity index (χ4n) is 4.24. The van der Waals surface area contributed by atoms with Crippen molar-refractivity contribution in [1.29, 1.82) is 0 Å². The molecule has 0 spiro atoms. The molecule has 2 aliphatic heterocycles. The number of benzene rings is 1. The molecule has 1 aromatic heterocycles. The van der Waals surface area contributed by atoms with Crippen molar-refractivity contribution in [3.63, 3.8) is 0 Å². The molecule has 0 bridgehead atoms. The topological polar surface area (TPSA) is 37.4 Å². The smallest absolute Gasteiger partial charge is 0.0978 e. The maximum Gasteiger partial charge on any atom is 0.0978 e. The standard InChI is InChI=1S/C22H28ClN3O/c23-19-5-3-17(4-6-19)16-26-13-9-20(10-14-26)25-21-2-1-15-27-22(21)18-7-11-24-12-8-18/h3-8,11-12,20-22,25H,1-2,9-10,13-16H2/t21-,22+/m0/s1. The highest BCUT2D eigenvalue weighted by Gasteiger charge is 2.30. The molecular weight excluding hydrogens is 358 g/mol. The predicted molar refractivity (Wildman–Crippen MR) is 109 cm³/mol. The molecule has 1 N–H and O–H groups in total. The molecule has 3 heterocycles. The van der Waals surface area contributed by atoms with Crippen LogP contribution in [0.3, 0.4) is 0 Å². The van der Waals surface area contributed by atoms with Crippen molar-refractivity contribution in [2.24, 2.45) is 0 Å². The summed E-state index contributed by atoms with van der Waals surface area (Å²) in [5, 5.41) is 4.71. The quantitative estimate of drug-likeness (QED) is 0.836. The first-order valence-electron chi connectivity index (χ1n) is 10.0. The van der Waals surface area contributed by atoms with Gasteiger partial charge in [-0.1, -0.05) is 23.7 Å². The van der Waals surface area contributed by atoms with Gasteiger partial charge in [0.2, 0.25) is 0 Å². The summed E-state index contributed by atoms with van der Waals surface area (Å²) in [6.07, 6.45) is 8.56. The fraction of sp³-hybridized carbons (Fsp3) is 0.500. The van der Waals surface area contributed by atoms with Crippen LogP contribution in [0.4, 0.5) is 0 Å². The summed E-state index contributed by atoms with van der Waals surface area (Å²) in [4.78, 5) is 6.68. The Labute approximate surface area is 166 Å². The van der Waals surface area contributed by atoms with Gasteiger partial charge in [0, 0.05) is 42.7 Å². The predicted octanol–water partition coefficient (Wildman–Crippen LogP) is 4.21. The van der Waals surface area contributed by atoms with Gasteiger partial charge in [0.25, 0.3) is 0 Å². The van der Waals surface area contributed by atoms with Crippen molar-refractivity contribution >= 4 is 11.6 Å². The van der Waals surface area contributed by atoms with Crippen LogP contribution in [0.25, 0.3) is 0 Å². The lowest BCUT2D eigenvalue weighted by Crippen LogP contribution is -2.49. The van der Waals surface area contributed by atoms with E-state index in [1.807, 2.05) is 24.5 Å². The van der Waals surface area contributed by atoms with Crippen molar-refractivity contribution in [3.05, 3.63) is 64.9 Å². The molecule has 0 radical (unpaired) electrons. The minimum atomic E-state index is 0.147. The van der Waals surface area contributed by atoms with E-state index in [2.05, 4.69) is 39.5 Å². The second-order valence-corrected chi connectivity index (χ2v) is 8.10. The van der Waals surface area contributed by atoms with Gasteiger partial charge in [0.15, 0.2) is 0 Å². The highest BCUT2D eigenvalue weighted by molar-refractivity contribution is 6.30. The van der Waals surface area contributed by atoms with Crippen LogP contribution in [0.15, 0.2) is 48.8 Å². The second-order valence-electron chi connectivity index (χ2n) is 7.66. The van der Waals surface area contributed by atoms with E-state index in [-0.39, 0.29) is 6.10 Å². The molecule has 1 aromatic carbocycles. The summed E-state index contributed by atoms with van der Waals surface area (Å²) in [7, 11) is 0. The number of rotatable bonds is 5. The van der Waals surface area contributed by atoms with Crippen molar-refractivity contribution < 1.29 is 4.74 Å². The van der Waals surface area contributed by atoms with Crippen molar-refractivity contribution in [1.82, 2.24) is 15.2 Å². The van der Waals surface area contributed by atoms with E-state index in [4.69, 9.17) is 16.3 Å². The van der Waals surface area contributed by atoms with Crippen molar-refractivity contribution in [3.8, 4) is 0 Å². The SMILES string of the molecule is Clc1ccc(CN2CCC(N[C@H]3CCCO[C@@H]3c3ccncc3)CC2)cc1. The normalized spacial score (nSPS) is 24.8. The van der Waals surface area contributed by atoms with Gasteiger partial charge in [-0.2, -0.15) is 0 Å². The number of pyridine rings is 1. The van der Waals surface area contributed by atoms with Gasteiger partial charge < -0.3 is 10.1 Å². The van der Waals surface area contributed by atoms with E-state index in [0.29, 0.717) is 12.1 Å². The third kappa shape index (κ3) is 5.08. The number of nitrogens with one attached hydrogen (secondary N) is 1. The number of nitrogens with zero attached hydrogens (tertiary/aromatic N) is 2. The molecule has 5 heteroatoms. The molecule has 0 saturated carbocycles. The molecule has 144 valence electrons. The van der Waals surface area contributed by atoms with Crippen molar-refractivity contribution in [2.75, 3.05) is 19.7 Å². The van der Waals surface area contributed by atoms with E-state index >= 15 is 0 Å². The third-order valence-electron chi connectivity index (χ3n) is 5.71. The summed E-state index contributed by atoms with van der Waals surface area (Å²) < 4.78 is 6.12. The van der Waals surface area contributed by atoms with Crippen LogP contribution in [0.1, 0.15) is 42.9 Å². The lowest BCUT2D eigenvalue weighted by atomic mass is 9.94. The second kappa shape index (κ2) is 9.16. The minimum absolute atomic E-state index is 0.147. The molecule has 2 aromatic rings. The zero-order valence-corrected chi connectivity index (χ0v) is 16.4. The Balaban J connectivity index is 1.29. The lowest BCUT2D eigenvalue weighted by molar-refractivity contribution is -0.0163. The van der Waals surface area contributed by atoms with E-state index in [1.54, 1.807) is 0 Å². The van der Waals surface area contributed by atoms with E-state index < -0.39 is 0 Å². The molecule has 2 aliphatic rings. The summed E-state index contributed by atoms with van der Waals surface area (Å²) in [5.74, 6) is 0. The summed E-state index contributed by atoms with van der Waals surface area (Å²) in [5.41, 5.74) is 2.58. The van der Waals surface area contributed by atoms with Gasteiger partial charge in [-0.05, 0) is 74.2 Å². The number of hydrogen-bond acceptors (Lipinski definition) is 4. The largest absolute Gasteiger partial charge is 0.372 e. The van der Waals surface area contributed by atoms with Crippen LogP contribution in [-0.2, 0) is 11.3 Å². The maximum absolute atomic E-state index is 6.12. The zero-order valence-electron chi connectivity index (χ0n) is 15.7. The fourth-order valence-corrected chi connectivity index (χ4v) is 4.37. The van der Waals surface area contributed by atoms with E-state index in [0.717, 1.165) is 37.7 Å². The first-order chi connectivity index (χ1) is 13.3. The zero-order chi connectivity index (χ0) is 18.5. The van der Waals surface area contributed by atoms with Gasteiger partial charge in [-0.15, -0.1) is 0 Å². The summed E-state index contributed by atoms with van der Waals surface area (Å²) in [6, 6.07) is 13.4. The molecular formula is C22H28ClN3O. The van der Waals surface area contributed by atoms with Gasteiger partial charge in [0.1, 0.15) is 0 Å². The average molecular weight is 386 g/mol. The maximum atomic E-state index is 6.12. The Morgan fingerprint density at radius 1 is 1.04 bits per heavy atom. The van der Waals surface area contributed by atoms with Crippen LogP contribution < -0.4 is 5.32 Å². The van der Waals surface area contributed by atoms with Crippen LogP contribution in [0.2, 0.25) is 5.02 Å². The minimum Gasteiger partial charge on any atom is -0.372 e. The molecule has 2 atom stereocenters. The van der Waals surface area contributed by atoms with Gasteiger partial charge >= 0.3 is 0 Å². The highest BCUT2D eigenvalue weighted by Crippen LogP contribution is 2.29. The number of piperidine rings is 1.